The average molecular weight is 478 g/mol. The molecule has 0 spiro atoms. The second-order valence-corrected chi connectivity index (χ2v) is 17.0. The predicted molar refractivity (Wildman–Crippen MR) is 130 cm³/mol. The summed E-state index contributed by atoms with van der Waals surface area (Å²) in [4.78, 5) is 3.54. The third-order valence-electron chi connectivity index (χ3n) is 6.14. The molecule has 0 saturated carbocycles. The van der Waals surface area contributed by atoms with Crippen LogP contribution < -0.4 is 16.5 Å². The van der Waals surface area contributed by atoms with E-state index >= 15 is 0 Å². The summed E-state index contributed by atoms with van der Waals surface area (Å²) in [6.45, 7) is 7.35. The van der Waals surface area contributed by atoms with Crippen molar-refractivity contribution in [3.8, 4) is 18.2 Å². The first-order valence-electron chi connectivity index (χ1n) is 10.3. The van der Waals surface area contributed by atoms with Crippen molar-refractivity contribution in [2.45, 2.75) is 0 Å². The van der Waals surface area contributed by atoms with Gasteiger partial charge in [0, 0.05) is 0 Å². The van der Waals surface area contributed by atoms with Gasteiger partial charge in [0.1, 0.15) is 0 Å². The van der Waals surface area contributed by atoms with Crippen LogP contribution >= 0.6 is 0 Å². The van der Waals surface area contributed by atoms with Crippen LogP contribution in [0, 0.1) is 40.6 Å². The molecule has 0 bridgehead atoms. The van der Waals surface area contributed by atoms with Crippen LogP contribution in [0.2, 0.25) is 0 Å². The molecule has 0 aliphatic carbocycles. The first kappa shape index (κ1) is 21.7. The molecule has 0 unspecified atom stereocenters. The molecule has 0 heterocycles. The van der Waals surface area contributed by atoms with Gasteiger partial charge in [0.15, 0.2) is 0 Å². The van der Waals surface area contributed by atoms with Crippen molar-refractivity contribution in [1.82, 2.24) is 0 Å². The van der Waals surface area contributed by atoms with Gasteiger partial charge in [0.2, 0.25) is 0 Å². The molecule has 4 rings (SSSR count). The Morgan fingerprint density at radius 1 is 0.485 bits per heavy atom. The fraction of sp³-hybridized carbons (Fsp3) is 0. The Morgan fingerprint density at radius 3 is 1.00 bits per heavy atom. The Balaban J connectivity index is 2.11. The monoisotopic (exact) mass is 477 g/mol. The molecule has 4 nitrogen and oxygen atoms in total. The molecule has 0 amide bonds. The first-order valence-corrected chi connectivity index (χ1v) is 15.2. The van der Waals surface area contributed by atoms with Crippen molar-refractivity contribution in [2.75, 3.05) is 0 Å². The number of benzene rings is 4. The first-order chi connectivity index (χ1) is 16.1. The summed E-state index contributed by atoms with van der Waals surface area (Å²) in [5.41, 5.74) is 2.32. The maximum absolute atomic E-state index is 9.33. The summed E-state index contributed by atoms with van der Waals surface area (Å²) in [5, 5.41) is 28.0. The third kappa shape index (κ3) is 3.92. The van der Waals surface area contributed by atoms with Gasteiger partial charge in [-0.2, -0.15) is 0 Å². The van der Waals surface area contributed by atoms with Crippen molar-refractivity contribution in [3.63, 3.8) is 0 Å². The van der Waals surface area contributed by atoms with Crippen LogP contribution in [0.25, 0.3) is 4.85 Å². The molecule has 0 fully saturated rings. The zero-order chi connectivity index (χ0) is 23.3. The Bertz CT molecular complexity index is 1220. The Morgan fingerprint density at radius 2 is 0.758 bits per heavy atom. The molecule has 0 aliphatic rings. The SMILES string of the molecule is [C-]#[N+]c1cc[c]([Ga-]([c]2ccc(C#N)cc2)([c]2ccc(C#N)cc2)[c]2ccc(C#N)cc2)cc1. The van der Waals surface area contributed by atoms with Crippen LogP contribution in [-0.2, 0) is 0 Å². The standard InChI is InChI=1S/4C7H4N.Ga/c1-8-7-5-3-2-4-6-7;3*8-6-7-4-2-1-3-5-7;/h3-6H;3*2-5H;/q;;;;-1. The molecule has 4 aromatic carbocycles. The van der Waals surface area contributed by atoms with Crippen molar-refractivity contribution in [1.29, 1.82) is 15.8 Å². The van der Waals surface area contributed by atoms with Gasteiger partial charge in [-0.3, -0.25) is 0 Å². The van der Waals surface area contributed by atoms with E-state index in [0.717, 1.165) is 16.5 Å². The van der Waals surface area contributed by atoms with E-state index in [1.54, 1.807) is 0 Å². The van der Waals surface area contributed by atoms with Gasteiger partial charge in [0.25, 0.3) is 0 Å². The number of nitrogens with zero attached hydrogens (tertiary/aromatic N) is 4. The van der Waals surface area contributed by atoms with E-state index in [9.17, 15) is 15.8 Å². The van der Waals surface area contributed by atoms with Crippen molar-refractivity contribution >= 4 is 37.2 Å². The second kappa shape index (κ2) is 9.31. The number of hydrogen-bond donors (Lipinski definition) is 0. The summed E-state index contributed by atoms with van der Waals surface area (Å²) in [7, 11) is 0. The van der Waals surface area contributed by atoms with Gasteiger partial charge < -0.3 is 0 Å². The molecule has 0 aliphatic heterocycles. The van der Waals surface area contributed by atoms with E-state index in [1.807, 2.05) is 97.1 Å². The van der Waals surface area contributed by atoms with Gasteiger partial charge >= 0.3 is 196 Å². The molecule has 0 N–H and O–H groups in total. The van der Waals surface area contributed by atoms with Crippen LogP contribution in [0.15, 0.2) is 97.1 Å². The summed E-state index contributed by atoms with van der Waals surface area (Å²) >= 11 is -3.84. The molecule has 0 aromatic heterocycles. The summed E-state index contributed by atoms with van der Waals surface area (Å²) in [5.74, 6) is 0. The van der Waals surface area contributed by atoms with Crippen LogP contribution in [0.4, 0.5) is 5.69 Å². The minimum atomic E-state index is -3.84. The van der Waals surface area contributed by atoms with Crippen molar-refractivity contribution < 1.29 is 0 Å². The fourth-order valence-corrected chi connectivity index (χ4v) is 15.8. The molecular formula is C28H16GaN4-. The van der Waals surface area contributed by atoms with Crippen molar-refractivity contribution in [3.05, 3.63) is 125 Å². The van der Waals surface area contributed by atoms with Crippen molar-refractivity contribution in [2.24, 2.45) is 0 Å². The second-order valence-electron chi connectivity index (χ2n) is 7.77. The molecule has 0 atom stereocenters. The van der Waals surface area contributed by atoms with Crippen LogP contribution in [0.1, 0.15) is 16.7 Å². The average Bonchev–Trinajstić information content (AvgIpc) is 2.90. The van der Waals surface area contributed by atoms with E-state index < -0.39 is 15.0 Å². The van der Waals surface area contributed by atoms with E-state index in [0.29, 0.717) is 22.4 Å². The van der Waals surface area contributed by atoms with Gasteiger partial charge in [0.05, 0.1) is 0 Å². The van der Waals surface area contributed by atoms with Gasteiger partial charge in [-0.25, -0.2) is 0 Å². The quantitative estimate of drug-likeness (QED) is 0.334. The zero-order valence-electron chi connectivity index (χ0n) is 17.6. The van der Waals surface area contributed by atoms with E-state index in [1.165, 1.54) is 0 Å². The van der Waals surface area contributed by atoms with E-state index in [4.69, 9.17) is 6.57 Å². The van der Waals surface area contributed by atoms with Crippen LogP contribution in [0.3, 0.4) is 0 Å². The number of nitriles is 3. The molecule has 5 heteroatoms. The number of rotatable bonds is 4. The van der Waals surface area contributed by atoms with Crippen LogP contribution in [-0.4, -0.2) is 15.0 Å². The van der Waals surface area contributed by atoms with Crippen LogP contribution in [0.5, 0.6) is 0 Å². The topological polar surface area (TPSA) is 75.7 Å². The Hall–Kier alpha value is -4.52. The summed E-state index contributed by atoms with van der Waals surface area (Å²) in [6.07, 6.45) is 0. The Kier molecular flexibility index (Phi) is 6.12. The predicted octanol–water partition coefficient (Wildman–Crippen LogP) is 3.23. The van der Waals surface area contributed by atoms with Gasteiger partial charge in [-0.05, 0) is 0 Å². The molecule has 152 valence electrons. The molecule has 33 heavy (non-hydrogen) atoms. The fourth-order valence-electron chi connectivity index (χ4n) is 4.53. The molecule has 4 aromatic rings. The molecular weight excluding hydrogens is 462 g/mol. The minimum absolute atomic E-state index is 0.567. The molecule has 0 saturated heterocycles. The molecule has 0 radical (unpaired) electrons. The number of hydrogen-bond acceptors (Lipinski definition) is 3. The maximum atomic E-state index is 9.33. The zero-order valence-corrected chi connectivity index (χ0v) is 20.0. The summed E-state index contributed by atoms with van der Waals surface area (Å²) in [6, 6.07) is 37.4. The van der Waals surface area contributed by atoms with E-state index in [2.05, 4.69) is 23.1 Å². The van der Waals surface area contributed by atoms with Gasteiger partial charge in [-0.1, -0.05) is 0 Å². The normalized spacial score (nSPS) is 10.3. The Labute approximate surface area is 195 Å². The third-order valence-corrected chi connectivity index (χ3v) is 17.8. The van der Waals surface area contributed by atoms with E-state index in [-0.39, 0.29) is 0 Å². The summed E-state index contributed by atoms with van der Waals surface area (Å²) < 4.78 is 4.51. The van der Waals surface area contributed by atoms with Gasteiger partial charge in [-0.15, -0.1) is 0 Å².